The molecule has 0 aliphatic carbocycles. The van der Waals surface area contributed by atoms with E-state index in [9.17, 15) is 0 Å². The average Bonchev–Trinajstić information content (AvgIpc) is 2.96. The molecule has 4 heteroatoms. The van der Waals surface area contributed by atoms with E-state index in [1.54, 1.807) is 11.3 Å². The van der Waals surface area contributed by atoms with Crippen LogP contribution in [0.2, 0.25) is 0 Å². The molecule has 0 bridgehead atoms. The molecule has 0 amide bonds. The molecule has 88 valence electrons. The molecule has 2 saturated heterocycles. The highest BCUT2D eigenvalue weighted by Crippen LogP contribution is 2.33. The summed E-state index contributed by atoms with van der Waals surface area (Å²) in [6, 6.07) is 0.577. The Kier molecular flexibility index (Phi) is 2.86. The lowest BCUT2D eigenvalue weighted by Gasteiger charge is -2.28. The van der Waals surface area contributed by atoms with Gasteiger partial charge in [0.2, 0.25) is 0 Å². The Labute approximate surface area is 100 Å². The van der Waals surface area contributed by atoms with Crippen molar-refractivity contribution >= 4 is 16.5 Å². The van der Waals surface area contributed by atoms with E-state index >= 15 is 0 Å². The van der Waals surface area contributed by atoms with Crippen LogP contribution >= 0.6 is 11.3 Å². The molecule has 2 unspecified atom stereocenters. The van der Waals surface area contributed by atoms with E-state index in [1.807, 2.05) is 6.20 Å². The molecular weight excluding hydrogens is 220 g/mol. The average molecular weight is 238 g/mol. The van der Waals surface area contributed by atoms with E-state index in [-0.39, 0.29) is 0 Å². The first kappa shape index (κ1) is 10.5. The summed E-state index contributed by atoms with van der Waals surface area (Å²) in [5.41, 5.74) is 0. The zero-order chi connectivity index (χ0) is 11.0. The Hall–Kier alpha value is -0.610. The Balaban J connectivity index is 1.78. The fourth-order valence-corrected chi connectivity index (χ4v) is 3.64. The summed E-state index contributed by atoms with van der Waals surface area (Å²) in [6.45, 7) is 4.22. The second-order valence-corrected chi connectivity index (χ2v) is 5.92. The third-order valence-electron chi connectivity index (χ3n) is 3.55. The Morgan fingerprint density at radius 3 is 3.06 bits per heavy atom. The highest BCUT2D eigenvalue weighted by molar-refractivity contribution is 7.15. The van der Waals surface area contributed by atoms with Crippen molar-refractivity contribution in [2.75, 3.05) is 18.1 Å². The Morgan fingerprint density at radius 1 is 1.44 bits per heavy atom. The van der Waals surface area contributed by atoms with Gasteiger partial charge in [-0.1, -0.05) is 0 Å². The van der Waals surface area contributed by atoms with E-state index in [0.717, 1.165) is 13.2 Å². The van der Waals surface area contributed by atoms with Crippen molar-refractivity contribution in [1.29, 1.82) is 0 Å². The van der Waals surface area contributed by atoms with Gasteiger partial charge in [0, 0.05) is 24.2 Å². The number of anilines is 1. The molecule has 16 heavy (non-hydrogen) atoms. The SMILES string of the molecule is Cc1cnc(N2CCCC2C2CCCO2)s1. The number of thiazole rings is 1. The number of nitrogens with zero attached hydrogens (tertiary/aromatic N) is 2. The standard InChI is InChI=1S/C12H18N2OS/c1-9-8-13-12(16-9)14-6-2-4-10(14)11-5-3-7-15-11/h8,10-11H,2-7H2,1H3. The molecule has 2 aliphatic rings. The largest absolute Gasteiger partial charge is 0.376 e. The van der Waals surface area contributed by atoms with Crippen LogP contribution in [-0.4, -0.2) is 30.3 Å². The minimum Gasteiger partial charge on any atom is -0.376 e. The first-order chi connectivity index (χ1) is 7.84. The van der Waals surface area contributed by atoms with Crippen LogP contribution in [0.25, 0.3) is 0 Å². The first-order valence-corrected chi connectivity index (χ1v) is 6.97. The number of rotatable bonds is 2. The van der Waals surface area contributed by atoms with Crippen LogP contribution in [0.1, 0.15) is 30.6 Å². The van der Waals surface area contributed by atoms with Gasteiger partial charge in [0.15, 0.2) is 5.13 Å². The molecule has 3 nitrogen and oxygen atoms in total. The van der Waals surface area contributed by atoms with Crippen LogP contribution in [0.3, 0.4) is 0 Å². The lowest BCUT2D eigenvalue weighted by molar-refractivity contribution is 0.0909. The summed E-state index contributed by atoms with van der Waals surface area (Å²) in [6.07, 6.45) is 7.43. The fraction of sp³-hybridized carbons (Fsp3) is 0.750. The predicted molar refractivity (Wildman–Crippen MR) is 66.2 cm³/mol. The normalized spacial score (nSPS) is 30.2. The molecule has 1 aromatic heterocycles. The van der Waals surface area contributed by atoms with E-state index < -0.39 is 0 Å². The van der Waals surface area contributed by atoms with Gasteiger partial charge >= 0.3 is 0 Å². The van der Waals surface area contributed by atoms with Crippen LogP contribution < -0.4 is 4.90 Å². The molecule has 0 N–H and O–H groups in total. The van der Waals surface area contributed by atoms with Crippen LogP contribution in [0.15, 0.2) is 6.20 Å². The molecular formula is C12H18N2OS. The van der Waals surface area contributed by atoms with E-state index in [0.29, 0.717) is 12.1 Å². The minimum atomic E-state index is 0.451. The topological polar surface area (TPSA) is 25.4 Å². The summed E-state index contributed by atoms with van der Waals surface area (Å²) in [4.78, 5) is 8.27. The molecule has 0 spiro atoms. The van der Waals surface area contributed by atoms with E-state index in [2.05, 4.69) is 16.8 Å². The predicted octanol–water partition coefficient (Wildman–Crippen LogP) is 2.60. The maximum atomic E-state index is 5.83. The molecule has 3 rings (SSSR count). The van der Waals surface area contributed by atoms with Gasteiger partial charge in [0.25, 0.3) is 0 Å². The van der Waals surface area contributed by atoms with Gasteiger partial charge in [0.1, 0.15) is 0 Å². The van der Waals surface area contributed by atoms with Gasteiger partial charge in [-0.05, 0) is 32.6 Å². The van der Waals surface area contributed by atoms with Crippen molar-refractivity contribution in [2.24, 2.45) is 0 Å². The van der Waals surface area contributed by atoms with Crippen molar-refractivity contribution < 1.29 is 4.74 Å². The quantitative estimate of drug-likeness (QED) is 0.792. The smallest absolute Gasteiger partial charge is 0.185 e. The Morgan fingerprint density at radius 2 is 2.38 bits per heavy atom. The molecule has 2 aliphatic heterocycles. The van der Waals surface area contributed by atoms with Gasteiger partial charge in [-0.15, -0.1) is 11.3 Å². The lowest BCUT2D eigenvalue weighted by atomic mass is 10.1. The van der Waals surface area contributed by atoms with Crippen molar-refractivity contribution in [3.63, 3.8) is 0 Å². The summed E-state index contributed by atoms with van der Waals surface area (Å²) in [7, 11) is 0. The van der Waals surface area contributed by atoms with Gasteiger partial charge in [-0.25, -0.2) is 4.98 Å². The number of ether oxygens (including phenoxy) is 1. The first-order valence-electron chi connectivity index (χ1n) is 6.15. The van der Waals surface area contributed by atoms with Crippen molar-refractivity contribution in [3.8, 4) is 0 Å². The molecule has 0 aromatic carbocycles. The zero-order valence-corrected chi connectivity index (χ0v) is 10.5. The van der Waals surface area contributed by atoms with Gasteiger partial charge in [-0.3, -0.25) is 0 Å². The fourth-order valence-electron chi connectivity index (χ4n) is 2.80. The summed E-state index contributed by atoms with van der Waals surface area (Å²) >= 11 is 1.81. The van der Waals surface area contributed by atoms with Crippen LogP contribution in [0, 0.1) is 6.92 Å². The summed E-state index contributed by atoms with van der Waals surface area (Å²) in [5.74, 6) is 0. The second-order valence-electron chi connectivity index (χ2n) is 4.71. The number of aryl methyl sites for hydroxylation is 1. The van der Waals surface area contributed by atoms with E-state index in [1.165, 1.54) is 35.7 Å². The maximum Gasteiger partial charge on any atom is 0.185 e. The molecule has 0 saturated carbocycles. The Bertz CT molecular complexity index is 360. The summed E-state index contributed by atoms with van der Waals surface area (Å²) in [5, 5.41) is 1.19. The van der Waals surface area contributed by atoms with Crippen LogP contribution in [0.4, 0.5) is 5.13 Å². The van der Waals surface area contributed by atoms with Crippen LogP contribution in [0.5, 0.6) is 0 Å². The lowest BCUT2D eigenvalue weighted by Crippen LogP contribution is -2.38. The van der Waals surface area contributed by atoms with Gasteiger partial charge < -0.3 is 9.64 Å². The van der Waals surface area contributed by atoms with Crippen LogP contribution in [-0.2, 0) is 4.74 Å². The number of aromatic nitrogens is 1. The zero-order valence-electron chi connectivity index (χ0n) is 9.69. The number of hydrogen-bond donors (Lipinski definition) is 0. The highest BCUT2D eigenvalue weighted by Gasteiger charge is 2.35. The molecule has 1 aromatic rings. The van der Waals surface area contributed by atoms with Gasteiger partial charge in [-0.2, -0.15) is 0 Å². The van der Waals surface area contributed by atoms with E-state index in [4.69, 9.17) is 4.74 Å². The third-order valence-corrected chi connectivity index (χ3v) is 4.50. The highest BCUT2D eigenvalue weighted by atomic mass is 32.1. The second kappa shape index (κ2) is 4.34. The number of hydrogen-bond acceptors (Lipinski definition) is 4. The molecule has 2 atom stereocenters. The molecule has 0 radical (unpaired) electrons. The van der Waals surface area contributed by atoms with Crippen molar-refractivity contribution in [3.05, 3.63) is 11.1 Å². The summed E-state index contributed by atoms with van der Waals surface area (Å²) < 4.78 is 5.83. The third kappa shape index (κ3) is 1.84. The molecule has 3 heterocycles. The maximum absolute atomic E-state index is 5.83. The monoisotopic (exact) mass is 238 g/mol. The minimum absolute atomic E-state index is 0.451. The van der Waals surface area contributed by atoms with Gasteiger partial charge in [0.05, 0.1) is 12.1 Å². The van der Waals surface area contributed by atoms with Crippen molar-refractivity contribution in [2.45, 2.75) is 44.8 Å². The molecule has 2 fully saturated rings. The van der Waals surface area contributed by atoms with Crippen molar-refractivity contribution in [1.82, 2.24) is 4.98 Å².